The molecule has 0 unspecified atom stereocenters. The lowest BCUT2D eigenvalue weighted by Gasteiger charge is -2.08. The largest absolute Gasteiger partial charge is 0.491 e. The van der Waals surface area contributed by atoms with Crippen LogP contribution < -0.4 is 16.2 Å². The Morgan fingerprint density at radius 1 is 1.43 bits per heavy atom. The molecule has 1 heterocycles. The average Bonchev–Trinajstić information content (AvgIpc) is 2.47. The summed E-state index contributed by atoms with van der Waals surface area (Å²) in [4.78, 5) is 30.0. The van der Waals surface area contributed by atoms with Gasteiger partial charge in [-0.15, -0.1) is 0 Å². The van der Waals surface area contributed by atoms with Crippen LogP contribution in [0.4, 0.5) is 5.69 Å². The molecule has 110 valence electrons. The summed E-state index contributed by atoms with van der Waals surface area (Å²) in [7, 11) is 0. The van der Waals surface area contributed by atoms with E-state index in [1.165, 1.54) is 18.3 Å². The zero-order valence-corrected chi connectivity index (χ0v) is 10.8. The highest BCUT2D eigenvalue weighted by molar-refractivity contribution is 5.92. The first-order chi connectivity index (χ1) is 10.1. The van der Waals surface area contributed by atoms with Crippen molar-refractivity contribution in [3.05, 3.63) is 40.6 Å². The predicted molar refractivity (Wildman–Crippen MR) is 71.9 cm³/mol. The lowest BCUT2D eigenvalue weighted by Crippen LogP contribution is -2.26. The summed E-state index contributed by atoms with van der Waals surface area (Å²) < 4.78 is 5.42. The lowest BCUT2D eigenvalue weighted by atomic mass is 10.1. The number of carbonyl (C=O) groups is 1. The van der Waals surface area contributed by atoms with Crippen LogP contribution in [0.3, 0.4) is 0 Å². The number of nitro groups is 1. The number of hydrogen-bond acceptors (Lipinski definition) is 8. The molecule has 0 spiro atoms. The number of benzene rings is 1. The number of non-ortho nitro benzene ring substituents is 1. The number of carbonyl (C=O) groups excluding carboxylic acids is 1. The number of aromatic nitrogens is 1. The molecule has 1 aromatic carbocycles. The number of nitro benzene ring substituents is 1. The molecule has 0 atom stereocenters. The Hall–Kier alpha value is -2.78. The third kappa shape index (κ3) is 3.41. The van der Waals surface area contributed by atoms with Crippen molar-refractivity contribution in [3.8, 4) is 5.75 Å². The standard InChI is InChI=1S/C12H12N4O5/c13-15-21-11(17)5-7-20-10-4-3-9(16(18)19)8-2-1-6-14-12(8)10/h1-4,6,15H,5,7,13H2. The van der Waals surface area contributed by atoms with E-state index >= 15 is 0 Å². The monoisotopic (exact) mass is 292 g/mol. The van der Waals surface area contributed by atoms with Crippen molar-refractivity contribution in [1.29, 1.82) is 0 Å². The van der Waals surface area contributed by atoms with Crippen LogP contribution in [0.25, 0.3) is 10.9 Å². The summed E-state index contributed by atoms with van der Waals surface area (Å²) in [5, 5.41) is 11.3. The number of nitrogens with one attached hydrogen (secondary N) is 1. The summed E-state index contributed by atoms with van der Waals surface area (Å²) in [6.45, 7) is 0.0317. The lowest BCUT2D eigenvalue weighted by molar-refractivity contribution is -0.383. The van der Waals surface area contributed by atoms with Crippen molar-refractivity contribution >= 4 is 22.6 Å². The summed E-state index contributed by atoms with van der Waals surface area (Å²) in [6, 6.07) is 5.96. The number of pyridine rings is 1. The fourth-order valence-corrected chi connectivity index (χ4v) is 1.77. The molecule has 9 nitrogen and oxygen atoms in total. The van der Waals surface area contributed by atoms with Gasteiger partial charge in [-0.05, 0) is 18.2 Å². The summed E-state index contributed by atoms with van der Waals surface area (Å²) >= 11 is 0. The van der Waals surface area contributed by atoms with Crippen LogP contribution in [0, 0.1) is 10.1 Å². The van der Waals surface area contributed by atoms with Gasteiger partial charge in [0.25, 0.3) is 5.69 Å². The molecule has 2 aromatic rings. The SMILES string of the molecule is NNOC(=O)CCOc1ccc([N+](=O)[O-])c2cccnc12. The molecule has 0 aliphatic heterocycles. The molecule has 3 N–H and O–H groups in total. The van der Waals surface area contributed by atoms with Crippen LogP contribution in [0.1, 0.15) is 6.42 Å². The van der Waals surface area contributed by atoms with Gasteiger partial charge in [0.05, 0.1) is 23.3 Å². The van der Waals surface area contributed by atoms with Crippen LogP contribution in [-0.2, 0) is 9.63 Å². The van der Waals surface area contributed by atoms with Gasteiger partial charge in [0, 0.05) is 12.3 Å². The van der Waals surface area contributed by atoms with Crippen molar-refractivity contribution in [1.82, 2.24) is 10.6 Å². The second-order valence-electron chi connectivity index (χ2n) is 3.93. The number of hydrazine groups is 1. The Morgan fingerprint density at radius 3 is 2.95 bits per heavy atom. The first kappa shape index (κ1) is 14.6. The minimum Gasteiger partial charge on any atom is -0.491 e. The van der Waals surface area contributed by atoms with Gasteiger partial charge in [-0.2, -0.15) is 0 Å². The molecule has 1 aromatic heterocycles. The van der Waals surface area contributed by atoms with Crippen LogP contribution >= 0.6 is 0 Å². The van der Waals surface area contributed by atoms with E-state index < -0.39 is 10.9 Å². The summed E-state index contributed by atoms with van der Waals surface area (Å²) in [5.41, 5.74) is 2.07. The van der Waals surface area contributed by atoms with Gasteiger partial charge in [0.2, 0.25) is 0 Å². The highest BCUT2D eigenvalue weighted by atomic mass is 16.7. The van der Waals surface area contributed by atoms with E-state index in [4.69, 9.17) is 10.6 Å². The quantitative estimate of drug-likeness (QED) is 0.455. The normalized spacial score (nSPS) is 10.3. The number of nitrogens with zero attached hydrogens (tertiary/aromatic N) is 2. The van der Waals surface area contributed by atoms with Gasteiger partial charge in [-0.1, -0.05) is 5.59 Å². The Bertz CT molecular complexity index is 676. The molecular formula is C12H12N4O5. The summed E-state index contributed by atoms with van der Waals surface area (Å²) in [5.74, 6) is 4.59. The molecule has 0 radical (unpaired) electrons. The van der Waals surface area contributed by atoms with Crippen molar-refractivity contribution in [2.45, 2.75) is 6.42 Å². The molecule has 9 heteroatoms. The van der Waals surface area contributed by atoms with Gasteiger partial charge in [0.1, 0.15) is 11.3 Å². The van der Waals surface area contributed by atoms with Crippen molar-refractivity contribution in [3.63, 3.8) is 0 Å². The highest BCUT2D eigenvalue weighted by Crippen LogP contribution is 2.31. The number of rotatable bonds is 6. The molecule has 0 fully saturated rings. The number of nitrogens with two attached hydrogens (primary N) is 1. The predicted octanol–water partition coefficient (Wildman–Crippen LogP) is 0.833. The second kappa shape index (κ2) is 6.59. The average molecular weight is 292 g/mol. The van der Waals surface area contributed by atoms with Crippen LogP contribution in [0.2, 0.25) is 0 Å². The van der Waals surface area contributed by atoms with Crippen LogP contribution in [-0.4, -0.2) is 22.5 Å². The van der Waals surface area contributed by atoms with E-state index in [1.54, 1.807) is 17.7 Å². The maximum absolute atomic E-state index is 11.1. The van der Waals surface area contributed by atoms with Gasteiger partial charge in [-0.3, -0.25) is 19.9 Å². The van der Waals surface area contributed by atoms with Crippen molar-refractivity contribution in [2.24, 2.45) is 5.84 Å². The third-order valence-corrected chi connectivity index (χ3v) is 2.64. The van der Waals surface area contributed by atoms with Gasteiger partial charge < -0.3 is 9.57 Å². The Kier molecular flexibility index (Phi) is 4.59. The third-order valence-electron chi connectivity index (χ3n) is 2.64. The topological polar surface area (TPSA) is 130 Å². The minimum atomic E-state index is -0.586. The molecule has 0 amide bonds. The van der Waals surface area contributed by atoms with Gasteiger partial charge in [-0.25, -0.2) is 5.84 Å². The minimum absolute atomic E-state index is 0.0317. The second-order valence-corrected chi connectivity index (χ2v) is 3.93. The van der Waals surface area contributed by atoms with Crippen LogP contribution in [0.5, 0.6) is 5.75 Å². The van der Waals surface area contributed by atoms with E-state index in [0.717, 1.165) is 0 Å². The first-order valence-electron chi connectivity index (χ1n) is 5.93. The molecule has 0 saturated carbocycles. The van der Waals surface area contributed by atoms with E-state index in [2.05, 4.69) is 9.82 Å². The number of hydrogen-bond donors (Lipinski definition) is 2. The molecule has 0 aliphatic carbocycles. The summed E-state index contributed by atoms with van der Waals surface area (Å²) in [6.07, 6.45) is 1.47. The Morgan fingerprint density at radius 2 is 2.24 bits per heavy atom. The number of ether oxygens (including phenoxy) is 1. The Labute approximate surface area is 118 Å². The molecule has 0 bridgehead atoms. The van der Waals surface area contributed by atoms with Gasteiger partial charge in [0.15, 0.2) is 0 Å². The maximum atomic E-state index is 11.1. The zero-order chi connectivity index (χ0) is 15.2. The smallest absolute Gasteiger partial charge is 0.329 e. The molecule has 2 rings (SSSR count). The van der Waals surface area contributed by atoms with Gasteiger partial charge >= 0.3 is 5.97 Å². The maximum Gasteiger partial charge on any atom is 0.329 e. The zero-order valence-electron chi connectivity index (χ0n) is 10.8. The van der Waals surface area contributed by atoms with Crippen LogP contribution in [0.15, 0.2) is 30.5 Å². The molecule has 0 saturated heterocycles. The molecule has 0 aliphatic rings. The fourth-order valence-electron chi connectivity index (χ4n) is 1.77. The number of fused-ring (bicyclic) bond motifs is 1. The van der Waals surface area contributed by atoms with E-state index in [1.807, 2.05) is 0 Å². The Balaban J connectivity index is 2.20. The van der Waals surface area contributed by atoms with E-state index in [9.17, 15) is 14.9 Å². The van der Waals surface area contributed by atoms with Crippen molar-refractivity contribution < 1.29 is 19.3 Å². The molecular weight excluding hydrogens is 280 g/mol. The first-order valence-corrected chi connectivity index (χ1v) is 5.93. The van der Waals surface area contributed by atoms with E-state index in [0.29, 0.717) is 16.7 Å². The van der Waals surface area contributed by atoms with Crippen molar-refractivity contribution in [2.75, 3.05) is 6.61 Å². The fraction of sp³-hybridized carbons (Fsp3) is 0.167. The highest BCUT2D eigenvalue weighted by Gasteiger charge is 2.15. The van der Waals surface area contributed by atoms with E-state index in [-0.39, 0.29) is 18.7 Å². The molecule has 21 heavy (non-hydrogen) atoms.